The van der Waals surface area contributed by atoms with Gasteiger partial charge in [-0.1, -0.05) is 29.8 Å². The van der Waals surface area contributed by atoms with Crippen molar-refractivity contribution >= 4 is 35.0 Å². The minimum atomic E-state index is -0.618. The summed E-state index contributed by atoms with van der Waals surface area (Å²) in [6.45, 7) is 1.65. The number of benzene rings is 2. The van der Waals surface area contributed by atoms with Gasteiger partial charge in [-0.2, -0.15) is 0 Å². The zero-order chi connectivity index (χ0) is 18.7. The Hall–Kier alpha value is -2.58. The summed E-state index contributed by atoms with van der Waals surface area (Å²) in [5.41, 5.74) is 0.480. The molecule has 1 atom stereocenters. The van der Waals surface area contributed by atoms with Gasteiger partial charge in [-0.05, 0) is 46.8 Å². The Kier molecular flexibility index (Phi) is 5.43. The molecular weight excluding hydrogens is 381 g/mol. The molecule has 2 N–H and O–H groups in total. The number of para-hydroxylation sites is 1. The second kappa shape index (κ2) is 7.76. The Balaban J connectivity index is 1.76. The lowest BCUT2D eigenvalue weighted by atomic mass is 10.3. The number of hydrogen-bond acceptors (Lipinski definition) is 4. The van der Waals surface area contributed by atoms with E-state index in [0.717, 1.165) is 11.8 Å². The third kappa shape index (κ3) is 3.97. The second-order valence-electron chi connectivity index (χ2n) is 5.34. The number of carbonyl (C=O) groups excluding carboxylic acids is 1. The Morgan fingerprint density at radius 2 is 2.04 bits per heavy atom. The highest BCUT2D eigenvalue weighted by Crippen LogP contribution is 2.22. The van der Waals surface area contributed by atoms with Crippen molar-refractivity contribution in [3.05, 3.63) is 69.8 Å². The monoisotopic (exact) mass is 394 g/mol. The van der Waals surface area contributed by atoms with Crippen molar-refractivity contribution < 1.29 is 18.4 Å². The molecule has 0 spiro atoms. The van der Waals surface area contributed by atoms with Crippen LogP contribution < -0.4 is 15.6 Å². The van der Waals surface area contributed by atoms with Crippen molar-refractivity contribution in [2.24, 2.45) is 0 Å². The van der Waals surface area contributed by atoms with Gasteiger partial charge in [0.1, 0.15) is 5.82 Å². The zero-order valence-corrected chi connectivity index (χ0v) is 15.1. The van der Waals surface area contributed by atoms with Gasteiger partial charge in [0.15, 0.2) is 0 Å². The van der Waals surface area contributed by atoms with Gasteiger partial charge in [0.2, 0.25) is 11.6 Å². The summed E-state index contributed by atoms with van der Waals surface area (Å²) in [6.07, 6.45) is 0. The molecular formula is C17H14ClFN3O3S+. The standard InChI is InChI=1S/C17H13ClFN3O3S/c1-10(15(23)20-11-7-8-14(19)13(18)9-11)26-16-17(24)25-21-22(16)12-5-3-2-4-6-12/h2-10H,1H3,(H-,20,21,23,24)/p+1. The fourth-order valence-electron chi connectivity index (χ4n) is 2.15. The van der Waals surface area contributed by atoms with E-state index < -0.39 is 16.7 Å². The van der Waals surface area contributed by atoms with Crippen LogP contribution in [0.5, 0.6) is 0 Å². The first-order valence-corrected chi connectivity index (χ1v) is 8.83. The van der Waals surface area contributed by atoms with Crippen LogP contribution in [0.4, 0.5) is 10.1 Å². The SMILES string of the molecule is CC(Sc1c(=O)o[nH][n+]1-c1ccccc1)C(=O)Nc1ccc(F)c(Cl)c1. The van der Waals surface area contributed by atoms with Crippen LogP contribution in [0.15, 0.2) is 62.9 Å². The number of rotatable bonds is 5. The van der Waals surface area contributed by atoms with Crippen molar-refractivity contribution in [2.45, 2.75) is 17.2 Å². The van der Waals surface area contributed by atoms with Crippen molar-refractivity contribution in [1.29, 1.82) is 0 Å². The average Bonchev–Trinajstić information content (AvgIpc) is 2.99. The van der Waals surface area contributed by atoms with Crippen LogP contribution in [0.25, 0.3) is 5.69 Å². The van der Waals surface area contributed by atoms with Gasteiger partial charge in [0.05, 0.1) is 10.3 Å². The number of amides is 1. The molecule has 0 fully saturated rings. The summed E-state index contributed by atoms with van der Waals surface area (Å²) >= 11 is 6.75. The molecule has 1 aromatic heterocycles. The van der Waals surface area contributed by atoms with Crippen LogP contribution in [0.3, 0.4) is 0 Å². The molecule has 0 saturated heterocycles. The molecule has 6 nitrogen and oxygen atoms in total. The molecule has 1 unspecified atom stereocenters. The van der Waals surface area contributed by atoms with E-state index in [1.807, 2.05) is 18.2 Å². The highest BCUT2D eigenvalue weighted by atomic mass is 35.5. The van der Waals surface area contributed by atoms with Crippen molar-refractivity contribution in [3.63, 3.8) is 0 Å². The summed E-state index contributed by atoms with van der Waals surface area (Å²) in [6, 6.07) is 13.0. The lowest BCUT2D eigenvalue weighted by molar-refractivity contribution is -0.704. The third-order valence-corrected chi connectivity index (χ3v) is 4.90. The maximum atomic E-state index is 13.2. The molecule has 0 aliphatic rings. The van der Waals surface area contributed by atoms with E-state index >= 15 is 0 Å². The number of halogens is 2. The van der Waals surface area contributed by atoms with E-state index in [0.29, 0.717) is 11.4 Å². The minimum Gasteiger partial charge on any atom is -0.325 e. The number of thioether (sulfide) groups is 1. The number of anilines is 1. The zero-order valence-electron chi connectivity index (χ0n) is 13.5. The molecule has 0 saturated carbocycles. The molecule has 3 aromatic rings. The first kappa shape index (κ1) is 18.2. The van der Waals surface area contributed by atoms with Crippen LogP contribution in [0.1, 0.15) is 6.92 Å². The molecule has 3 rings (SSSR count). The number of nitrogens with one attached hydrogen (secondary N) is 2. The quantitative estimate of drug-likeness (QED) is 0.514. The summed E-state index contributed by atoms with van der Waals surface area (Å²) in [5, 5.41) is 4.68. The van der Waals surface area contributed by atoms with E-state index in [-0.39, 0.29) is 16.0 Å². The number of carbonyl (C=O) groups is 1. The number of aromatic nitrogens is 2. The summed E-state index contributed by atoms with van der Waals surface area (Å²) in [7, 11) is 0. The number of H-pyrrole nitrogens is 1. The Labute approximate surface area is 156 Å². The summed E-state index contributed by atoms with van der Waals surface area (Å²) in [5.74, 6) is -0.932. The highest BCUT2D eigenvalue weighted by Gasteiger charge is 2.28. The molecule has 1 amide bonds. The van der Waals surface area contributed by atoms with Gasteiger partial charge in [0.25, 0.3) is 0 Å². The predicted molar refractivity (Wildman–Crippen MR) is 96.2 cm³/mol. The topological polar surface area (TPSA) is 79.0 Å². The van der Waals surface area contributed by atoms with E-state index in [1.165, 1.54) is 22.9 Å². The molecule has 0 aliphatic carbocycles. The average molecular weight is 395 g/mol. The van der Waals surface area contributed by atoms with Crippen molar-refractivity contribution in [1.82, 2.24) is 5.27 Å². The molecule has 9 heteroatoms. The first-order valence-electron chi connectivity index (χ1n) is 7.57. The molecule has 1 heterocycles. The van der Waals surface area contributed by atoms with Gasteiger partial charge >= 0.3 is 10.7 Å². The summed E-state index contributed by atoms with van der Waals surface area (Å²) in [4.78, 5) is 24.4. The van der Waals surface area contributed by atoms with Gasteiger partial charge in [-0.3, -0.25) is 9.32 Å². The molecule has 2 aromatic carbocycles. The Morgan fingerprint density at radius 3 is 2.73 bits per heavy atom. The molecule has 0 aliphatic heterocycles. The molecule has 26 heavy (non-hydrogen) atoms. The highest BCUT2D eigenvalue weighted by molar-refractivity contribution is 8.00. The fraction of sp³-hybridized carbons (Fsp3) is 0.118. The van der Waals surface area contributed by atoms with Crippen LogP contribution in [-0.2, 0) is 4.79 Å². The van der Waals surface area contributed by atoms with E-state index in [4.69, 9.17) is 16.1 Å². The Morgan fingerprint density at radius 1 is 1.31 bits per heavy atom. The normalized spacial score (nSPS) is 12.0. The lowest BCUT2D eigenvalue weighted by Gasteiger charge is -2.09. The van der Waals surface area contributed by atoms with Crippen molar-refractivity contribution in [2.75, 3.05) is 5.32 Å². The van der Waals surface area contributed by atoms with Gasteiger partial charge in [0, 0.05) is 17.8 Å². The van der Waals surface area contributed by atoms with Gasteiger partial charge in [-0.15, -0.1) is 0 Å². The molecule has 0 radical (unpaired) electrons. The summed E-state index contributed by atoms with van der Waals surface area (Å²) < 4.78 is 19.5. The minimum absolute atomic E-state index is 0.0868. The number of hydrogen-bond donors (Lipinski definition) is 2. The smallest absolute Gasteiger partial charge is 0.325 e. The van der Waals surface area contributed by atoms with Crippen LogP contribution in [0.2, 0.25) is 5.02 Å². The fourth-order valence-corrected chi connectivity index (χ4v) is 3.22. The maximum absolute atomic E-state index is 13.2. The van der Waals surface area contributed by atoms with E-state index in [9.17, 15) is 14.0 Å². The van der Waals surface area contributed by atoms with E-state index in [1.54, 1.807) is 19.1 Å². The van der Waals surface area contributed by atoms with E-state index in [2.05, 4.69) is 10.6 Å². The Bertz CT molecular complexity index is 990. The molecule has 0 bridgehead atoms. The third-order valence-electron chi connectivity index (χ3n) is 3.47. The first-order chi connectivity index (χ1) is 12.5. The van der Waals surface area contributed by atoms with Gasteiger partial charge in [-0.25, -0.2) is 9.18 Å². The van der Waals surface area contributed by atoms with Crippen LogP contribution >= 0.6 is 23.4 Å². The molecule has 134 valence electrons. The van der Waals surface area contributed by atoms with Crippen LogP contribution in [0, 0.1) is 5.82 Å². The van der Waals surface area contributed by atoms with Gasteiger partial charge < -0.3 is 5.32 Å². The number of nitrogens with zero attached hydrogens (tertiary/aromatic N) is 1. The number of aromatic amines is 1. The lowest BCUT2D eigenvalue weighted by Crippen LogP contribution is -2.37. The maximum Gasteiger partial charge on any atom is 0.442 e. The predicted octanol–water partition coefficient (Wildman–Crippen LogP) is 3.16. The van der Waals surface area contributed by atoms with Crippen LogP contribution in [-0.4, -0.2) is 16.4 Å². The van der Waals surface area contributed by atoms with Crippen molar-refractivity contribution in [3.8, 4) is 5.69 Å². The largest absolute Gasteiger partial charge is 0.442 e. The second-order valence-corrected chi connectivity index (χ2v) is 7.07.